The predicted octanol–water partition coefficient (Wildman–Crippen LogP) is 0.149. The Labute approximate surface area is 173 Å². The van der Waals surface area contributed by atoms with Gasteiger partial charge in [-0.25, -0.2) is 4.98 Å². The number of hydrogen-bond acceptors (Lipinski definition) is 12. The third-order valence-electron chi connectivity index (χ3n) is 4.49. The molecule has 1 aliphatic rings. The lowest BCUT2D eigenvalue weighted by Gasteiger charge is -2.33. The molecule has 0 radical (unpaired) electrons. The highest BCUT2D eigenvalue weighted by Crippen LogP contribution is 2.43. The lowest BCUT2D eigenvalue weighted by Crippen LogP contribution is -2.52. The summed E-state index contributed by atoms with van der Waals surface area (Å²) in [7, 11) is 0. The maximum absolute atomic E-state index is 12.7. The van der Waals surface area contributed by atoms with Crippen molar-refractivity contribution in [3.05, 3.63) is 15.9 Å². The van der Waals surface area contributed by atoms with E-state index in [0.29, 0.717) is 4.70 Å². The highest BCUT2D eigenvalue weighted by atomic mass is 32.1. The molecule has 0 aromatic carbocycles. The number of anilines is 1. The number of aromatic nitrogens is 3. The van der Waals surface area contributed by atoms with Gasteiger partial charge in [0.05, 0.1) is 10.9 Å². The largest absolute Gasteiger partial charge is 0.463 e. The molecule has 1 aliphatic heterocycles. The van der Waals surface area contributed by atoms with Crippen LogP contribution in [0.1, 0.15) is 33.9 Å². The minimum Gasteiger partial charge on any atom is -0.463 e. The fourth-order valence-electron chi connectivity index (χ4n) is 3.30. The molecule has 3 rings (SSSR count). The number of nitrogens with zero attached hydrogens (tertiary/aromatic N) is 3. The fourth-order valence-corrected chi connectivity index (χ4v) is 4.11. The maximum Gasteiger partial charge on any atom is 0.311 e. The van der Waals surface area contributed by atoms with E-state index in [2.05, 4.69) is 9.97 Å². The van der Waals surface area contributed by atoms with Crippen LogP contribution in [0.2, 0.25) is 0 Å². The summed E-state index contributed by atoms with van der Waals surface area (Å²) < 4.78 is 23.4. The Morgan fingerprint density at radius 1 is 1.27 bits per heavy atom. The van der Waals surface area contributed by atoms with Gasteiger partial charge < -0.3 is 24.7 Å². The van der Waals surface area contributed by atoms with Crippen molar-refractivity contribution in [2.75, 3.05) is 12.3 Å². The lowest BCUT2D eigenvalue weighted by molar-refractivity contribution is -0.183. The number of carbonyl (C=O) groups is 3. The summed E-state index contributed by atoms with van der Waals surface area (Å²) in [4.78, 5) is 55.2. The number of nitrogen functional groups attached to an aromatic ring is 1. The van der Waals surface area contributed by atoms with Crippen LogP contribution in [0.4, 0.5) is 5.95 Å². The zero-order valence-electron chi connectivity index (χ0n) is 16.6. The molecule has 2 aromatic rings. The maximum atomic E-state index is 12.7. The van der Waals surface area contributed by atoms with E-state index >= 15 is 0 Å². The van der Waals surface area contributed by atoms with Crippen molar-refractivity contribution in [2.24, 2.45) is 0 Å². The summed E-state index contributed by atoms with van der Waals surface area (Å²) in [5.74, 6) is -2.03. The molecular weight excluding hydrogens is 420 g/mol. The minimum absolute atomic E-state index is 0.0738. The molecule has 0 aliphatic carbocycles. The normalized spacial score (nSPS) is 25.8. The Kier molecular flexibility index (Phi) is 5.76. The molecule has 162 valence electrons. The number of esters is 3. The van der Waals surface area contributed by atoms with E-state index < -0.39 is 46.8 Å². The molecule has 2 N–H and O–H groups in total. The number of hydrogen-bond donors (Lipinski definition) is 1. The van der Waals surface area contributed by atoms with E-state index in [1.165, 1.54) is 33.9 Å². The molecule has 0 unspecified atom stereocenters. The molecule has 1 saturated heterocycles. The van der Waals surface area contributed by atoms with Crippen molar-refractivity contribution in [3.8, 4) is 0 Å². The third-order valence-corrected chi connectivity index (χ3v) is 5.37. The number of rotatable bonds is 5. The zero-order valence-corrected chi connectivity index (χ0v) is 17.4. The van der Waals surface area contributed by atoms with E-state index in [1.54, 1.807) is 0 Å². The third kappa shape index (κ3) is 3.98. The van der Waals surface area contributed by atoms with Crippen LogP contribution >= 0.6 is 11.3 Å². The highest BCUT2D eigenvalue weighted by Gasteiger charge is 2.60. The SMILES string of the molecule is CC(=O)OC[C@H]1O[C@@H](n2c(=O)sc3cnc(N)nc32)[C@H](OC(C)=O)[C@@]1(C)OC(C)=O. The number of ether oxygens (including phenoxy) is 4. The molecule has 0 spiro atoms. The van der Waals surface area contributed by atoms with Crippen LogP contribution in [0.25, 0.3) is 10.3 Å². The van der Waals surface area contributed by atoms with E-state index in [0.717, 1.165) is 15.9 Å². The first kappa shape index (κ1) is 21.6. The lowest BCUT2D eigenvalue weighted by atomic mass is 9.94. The smallest absolute Gasteiger partial charge is 0.311 e. The van der Waals surface area contributed by atoms with Gasteiger partial charge in [-0.1, -0.05) is 11.3 Å². The standard InChI is InChI=1S/C17H20N4O8S/c1-7(22)26-6-11-17(4,29-9(3)24)12(27-8(2)23)14(28-11)21-13-10(30-16(21)25)5-19-15(18)20-13/h5,11-12,14H,6H2,1-4H3,(H2,18,19,20)/t11-,12+,14-,17+/m1/s1. The molecule has 0 amide bonds. The van der Waals surface area contributed by atoms with Crippen molar-refractivity contribution in [1.29, 1.82) is 0 Å². The first-order valence-electron chi connectivity index (χ1n) is 8.82. The van der Waals surface area contributed by atoms with Crippen LogP contribution in [0, 0.1) is 0 Å². The van der Waals surface area contributed by atoms with Crippen LogP contribution in [-0.4, -0.2) is 56.9 Å². The summed E-state index contributed by atoms with van der Waals surface area (Å²) in [5, 5.41) is 0. The van der Waals surface area contributed by atoms with Gasteiger partial charge in [-0.3, -0.25) is 23.7 Å². The molecule has 2 aromatic heterocycles. The van der Waals surface area contributed by atoms with Gasteiger partial charge in [-0.15, -0.1) is 0 Å². The van der Waals surface area contributed by atoms with Crippen LogP contribution in [-0.2, 0) is 33.3 Å². The Balaban J connectivity index is 2.15. The molecule has 0 saturated carbocycles. The van der Waals surface area contributed by atoms with Crippen molar-refractivity contribution >= 4 is 45.5 Å². The van der Waals surface area contributed by atoms with Crippen LogP contribution in [0.15, 0.2) is 11.0 Å². The first-order chi connectivity index (χ1) is 14.0. The summed E-state index contributed by atoms with van der Waals surface area (Å²) in [5.41, 5.74) is 4.26. The fraction of sp³-hybridized carbons (Fsp3) is 0.529. The Morgan fingerprint density at radius 3 is 2.57 bits per heavy atom. The highest BCUT2D eigenvalue weighted by molar-refractivity contribution is 7.16. The Morgan fingerprint density at radius 2 is 1.97 bits per heavy atom. The number of nitrogens with two attached hydrogens (primary N) is 1. The second-order valence-electron chi connectivity index (χ2n) is 6.78. The molecule has 13 heteroatoms. The molecule has 1 fully saturated rings. The van der Waals surface area contributed by atoms with Crippen LogP contribution in [0.5, 0.6) is 0 Å². The molecule has 3 heterocycles. The summed E-state index contributed by atoms with van der Waals surface area (Å²) in [6.45, 7) is 4.71. The van der Waals surface area contributed by atoms with Crippen LogP contribution < -0.4 is 10.6 Å². The number of thiazole rings is 1. The van der Waals surface area contributed by atoms with E-state index in [-0.39, 0.29) is 18.2 Å². The van der Waals surface area contributed by atoms with E-state index in [1.807, 2.05) is 0 Å². The number of carbonyl (C=O) groups excluding carboxylic acids is 3. The number of fused-ring (bicyclic) bond motifs is 1. The van der Waals surface area contributed by atoms with Crippen molar-refractivity contribution < 1.29 is 33.3 Å². The van der Waals surface area contributed by atoms with Gasteiger partial charge in [0.15, 0.2) is 23.6 Å². The second-order valence-corrected chi connectivity index (χ2v) is 7.77. The van der Waals surface area contributed by atoms with Crippen molar-refractivity contribution in [1.82, 2.24) is 14.5 Å². The van der Waals surface area contributed by atoms with Crippen LogP contribution in [0.3, 0.4) is 0 Å². The summed E-state index contributed by atoms with van der Waals surface area (Å²) in [6.07, 6.45) is -2.13. The summed E-state index contributed by atoms with van der Waals surface area (Å²) >= 11 is 0.842. The van der Waals surface area contributed by atoms with Crippen molar-refractivity contribution in [3.63, 3.8) is 0 Å². The van der Waals surface area contributed by atoms with Gasteiger partial charge in [0.2, 0.25) is 5.95 Å². The second kappa shape index (κ2) is 7.99. The Hall–Kier alpha value is -3.06. The monoisotopic (exact) mass is 440 g/mol. The van der Waals surface area contributed by atoms with Gasteiger partial charge in [0.25, 0.3) is 0 Å². The molecule has 30 heavy (non-hydrogen) atoms. The zero-order chi connectivity index (χ0) is 22.2. The van der Waals surface area contributed by atoms with Gasteiger partial charge in [0, 0.05) is 20.8 Å². The van der Waals surface area contributed by atoms with Gasteiger partial charge >= 0.3 is 22.8 Å². The summed E-state index contributed by atoms with van der Waals surface area (Å²) in [6, 6.07) is 0. The molecule has 12 nitrogen and oxygen atoms in total. The first-order valence-corrected chi connectivity index (χ1v) is 9.63. The quantitative estimate of drug-likeness (QED) is 0.497. The van der Waals surface area contributed by atoms with Crippen molar-refractivity contribution in [2.45, 2.75) is 51.7 Å². The molecule has 4 atom stereocenters. The predicted molar refractivity (Wildman–Crippen MR) is 102 cm³/mol. The van der Waals surface area contributed by atoms with Gasteiger partial charge in [0.1, 0.15) is 12.7 Å². The molecule has 0 bridgehead atoms. The average Bonchev–Trinajstić information content (AvgIpc) is 3.06. The topological polar surface area (TPSA) is 162 Å². The van der Waals surface area contributed by atoms with E-state index in [4.69, 9.17) is 24.7 Å². The van der Waals surface area contributed by atoms with Gasteiger partial charge in [-0.2, -0.15) is 4.98 Å². The average molecular weight is 440 g/mol. The Bertz CT molecular complexity index is 1070. The van der Waals surface area contributed by atoms with E-state index in [9.17, 15) is 19.2 Å². The molecular formula is C17H20N4O8S. The van der Waals surface area contributed by atoms with Gasteiger partial charge in [-0.05, 0) is 6.92 Å². The minimum atomic E-state index is -1.57.